The fourth-order valence-corrected chi connectivity index (χ4v) is 4.94. The molecule has 27 heavy (non-hydrogen) atoms. The van der Waals surface area contributed by atoms with E-state index in [0.29, 0.717) is 16.6 Å². The van der Waals surface area contributed by atoms with Crippen molar-refractivity contribution in [2.75, 3.05) is 19.5 Å². The lowest BCUT2D eigenvalue weighted by Gasteiger charge is -2.08. The first-order chi connectivity index (χ1) is 13.2. The standard InChI is InChI=1S/C19H19N3O3S2/c1-24-14-7-6-11(8-15(14)25-2)18-20-12(10-26-18)9-17(23)22-19-21-13-4-3-5-16(13)27-19/h6-8,10H,3-5,9H2,1-2H3,(H,21,22,23). The molecule has 0 atom stereocenters. The van der Waals surface area contributed by atoms with Gasteiger partial charge in [-0.15, -0.1) is 22.7 Å². The molecular weight excluding hydrogens is 382 g/mol. The zero-order valence-corrected chi connectivity index (χ0v) is 16.7. The number of nitrogens with zero attached hydrogens (tertiary/aromatic N) is 2. The summed E-state index contributed by atoms with van der Waals surface area (Å²) in [5.41, 5.74) is 2.81. The molecule has 0 saturated carbocycles. The summed E-state index contributed by atoms with van der Waals surface area (Å²) in [5.74, 6) is 1.24. The van der Waals surface area contributed by atoms with Crippen molar-refractivity contribution in [2.24, 2.45) is 0 Å². The summed E-state index contributed by atoms with van der Waals surface area (Å²) in [6, 6.07) is 5.67. The number of hydrogen-bond donors (Lipinski definition) is 1. The summed E-state index contributed by atoms with van der Waals surface area (Å²) < 4.78 is 10.6. The Morgan fingerprint density at radius 3 is 2.81 bits per heavy atom. The number of rotatable bonds is 6. The van der Waals surface area contributed by atoms with Crippen LogP contribution in [0.4, 0.5) is 5.13 Å². The van der Waals surface area contributed by atoms with Crippen LogP contribution in [0.3, 0.4) is 0 Å². The van der Waals surface area contributed by atoms with Gasteiger partial charge in [0.25, 0.3) is 0 Å². The molecule has 1 N–H and O–H groups in total. The van der Waals surface area contributed by atoms with Gasteiger partial charge in [-0.05, 0) is 37.5 Å². The molecule has 0 fully saturated rings. The minimum Gasteiger partial charge on any atom is -0.493 e. The normalized spacial score (nSPS) is 12.7. The van der Waals surface area contributed by atoms with Crippen molar-refractivity contribution in [1.29, 1.82) is 0 Å². The molecule has 2 aromatic heterocycles. The second kappa shape index (κ2) is 7.66. The molecule has 2 heterocycles. The summed E-state index contributed by atoms with van der Waals surface area (Å²) in [6.07, 6.45) is 3.49. The van der Waals surface area contributed by atoms with E-state index in [2.05, 4.69) is 15.3 Å². The zero-order valence-electron chi connectivity index (χ0n) is 15.1. The summed E-state index contributed by atoms with van der Waals surface area (Å²) in [4.78, 5) is 22.7. The maximum atomic E-state index is 12.3. The number of aryl methyl sites for hydroxylation is 2. The summed E-state index contributed by atoms with van der Waals surface area (Å²) >= 11 is 3.09. The molecule has 6 nitrogen and oxygen atoms in total. The van der Waals surface area contributed by atoms with Gasteiger partial charge in [0.15, 0.2) is 16.6 Å². The summed E-state index contributed by atoms with van der Waals surface area (Å²) in [6.45, 7) is 0. The molecule has 0 unspecified atom stereocenters. The van der Waals surface area contributed by atoms with Crippen molar-refractivity contribution in [3.05, 3.63) is 39.8 Å². The SMILES string of the molecule is COc1ccc(-c2nc(CC(=O)Nc3nc4c(s3)CCC4)cs2)cc1OC. The number of carbonyl (C=O) groups is 1. The molecular formula is C19H19N3O3S2. The fraction of sp³-hybridized carbons (Fsp3) is 0.316. The third kappa shape index (κ3) is 3.81. The largest absolute Gasteiger partial charge is 0.493 e. The number of ether oxygens (including phenoxy) is 2. The molecule has 8 heteroatoms. The third-order valence-electron chi connectivity index (χ3n) is 4.37. The van der Waals surface area contributed by atoms with E-state index in [1.807, 2.05) is 23.6 Å². The molecule has 1 aliphatic rings. The van der Waals surface area contributed by atoms with Gasteiger partial charge in [-0.2, -0.15) is 0 Å². The second-order valence-electron chi connectivity index (χ2n) is 6.18. The molecule has 1 aliphatic carbocycles. The molecule has 4 rings (SSSR count). The monoisotopic (exact) mass is 401 g/mol. The number of benzene rings is 1. The van der Waals surface area contributed by atoms with Crippen LogP contribution in [0.2, 0.25) is 0 Å². The maximum Gasteiger partial charge on any atom is 0.232 e. The Morgan fingerprint density at radius 2 is 2.04 bits per heavy atom. The van der Waals surface area contributed by atoms with Crippen LogP contribution >= 0.6 is 22.7 Å². The number of aromatic nitrogens is 2. The first-order valence-corrected chi connectivity index (χ1v) is 10.3. The highest BCUT2D eigenvalue weighted by Gasteiger charge is 2.18. The Morgan fingerprint density at radius 1 is 1.19 bits per heavy atom. The van der Waals surface area contributed by atoms with Crippen LogP contribution in [0.25, 0.3) is 10.6 Å². The Balaban J connectivity index is 1.43. The van der Waals surface area contributed by atoms with Gasteiger partial charge in [0.2, 0.25) is 5.91 Å². The first kappa shape index (κ1) is 17.9. The molecule has 0 bridgehead atoms. The topological polar surface area (TPSA) is 73.3 Å². The lowest BCUT2D eigenvalue weighted by molar-refractivity contribution is -0.115. The van der Waals surface area contributed by atoms with Crippen molar-refractivity contribution in [3.63, 3.8) is 0 Å². The fourth-order valence-electron chi connectivity index (χ4n) is 3.06. The van der Waals surface area contributed by atoms with Gasteiger partial charge in [-0.25, -0.2) is 9.97 Å². The van der Waals surface area contributed by atoms with E-state index in [1.165, 1.54) is 22.6 Å². The number of methoxy groups -OCH3 is 2. The van der Waals surface area contributed by atoms with Crippen molar-refractivity contribution in [2.45, 2.75) is 25.7 Å². The molecule has 140 valence electrons. The number of amides is 1. The summed E-state index contributed by atoms with van der Waals surface area (Å²) in [5, 5.41) is 6.34. The van der Waals surface area contributed by atoms with E-state index in [9.17, 15) is 4.79 Å². The highest BCUT2D eigenvalue weighted by Crippen LogP contribution is 2.34. The molecule has 0 aliphatic heterocycles. The minimum atomic E-state index is -0.0911. The van der Waals surface area contributed by atoms with Gasteiger partial charge < -0.3 is 14.8 Å². The van der Waals surface area contributed by atoms with Crippen LogP contribution in [0, 0.1) is 0 Å². The van der Waals surface area contributed by atoms with E-state index in [-0.39, 0.29) is 12.3 Å². The Bertz CT molecular complexity index is 959. The predicted molar refractivity (Wildman–Crippen MR) is 107 cm³/mol. The molecule has 0 radical (unpaired) electrons. The van der Waals surface area contributed by atoms with Crippen molar-refractivity contribution < 1.29 is 14.3 Å². The van der Waals surface area contributed by atoms with E-state index >= 15 is 0 Å². The predicted octanol–water partition coefficient (Wildman–Crippen LogP) is 3.95. The Kier molecular flexibility index (Phi) is 5.09. The number of carbonyl (C=O) groups excluding carboxylic acids is 1. The molecule has 3 aromatic rings. The van der Waals surface area contributed by atoms with Crippen LogP contribution in [-0.2, 0) is 24.1 Å². The van der Waals surface area contributed by atoms with Crippen LogP contribution in [0.15, 0.2) is 23.6 Å². The average Bonchev–Trinajstić information content (AvgIpc) is 3.37. The minimum absolute atomic E-state index is 0.0911. The molecule has 1 aromatic carbocycles. The van der Waals surface area contributed by atoms with E-state index < -0.39 is 0 Å². The number of fused-ring (bicyclic) bond motifs is 1. The summed E-state index contributed by atoms with van der Waals surface area (Å²) in [7, 11) is 3.21. The second-order valence-corrected chi connectivity index (χ2v) is 8.12. The number of thiazole rings is 2. The third-order valence-corrected chi connectivity index (χ3v) is 6.38. The van der Waals surface area contributed by atoms with Gasteiger partial charge in [-0.1, -0.05) is 0 Å². The van der Waals surface area contributed by atoms with Gasteiger partial charge in [0.05, 0.1) is 32.0 Å². The van der Waals surface area contributed by atoms with E-state index in [4.69, 9.17) is 9.47 Å². The number of hydrogen-bond acceptors (Lipinski definition) is 7. The van der Waals surface area contributed by atoms with Gasteiger partial charge in [-0.3, -0.25) is 4.79 Å². The van der Waals surface area contributed by atoms with Crippen LogP contribution in [-0.4, -0.2) is 30.1 Å². The van der Waals surface area contributed by atoms with Gasteiger partial charge in [0.1, 0.15) is 5.01 Å². The van der Waals surface area contributed by atoms with Crippen LogP contribution < -0.4 is 14.8 Å². The smallest absolute Gasteiger partial charge is 0.232 e. The Hall–Kier alpha value is -2.45. The highest BCUT2D eigenvalue weighted by molar-refractivity contribution is 7.16. The van der Waals surface area contributed by atoms with Gasteiger partial charge >= 0.3 is 0 Å². The lowest BCUT2D eigenvalue weighted by Crippen LogP contribution is -2.14. The van der Waals surface area contributed by atoms with Crippen molar-refractivity contribution >= 4 is 33.7 Å². The quantitative estimate of drug-likeness (QED) is 0.677. The number of nitrogens with one attached hydrogen (secondary N) is 1. The average molecular weight is 402 g/mol. The first-order valence-electron chi connectivity index (χ1n) is 8.61. The van der Waals surface area contributed by atoms with Crippen LogP contribution in [0.5, 0.6) is 11.5 Å². The highest BCUT2D eigenvalue weighted by atomic mass is 32.1. The maximum absolute atomic E-state index is 12.3. The number of anilines is 1. The van der Waals surface area contributed by atoms with Crippen molar-refractivity contribution in [3.8, 4) is 22.1 Å². The molecule has 0 spiro atoms. The van der Waals surface area contributed by atoms with E-state index in [1.54, 1.807) is 25.6 Å². The van der Waals surface area contributed by atoms with E-state index in [0.717, 1.165) is 34.8 Å². The molecule has 1 amide bonds. The Labute approximate surface area is 165 Å². The van der Waals surface area contributed by atoms with Gasteiger partial charge in [0, 0.05) is 15.8 Å². The van der Waals surface area contributed by atoms with Crippen LogP contribution in [0.1, 0.15) is 22.7 Å². The lowest BCUT2D eigenvalue weighted by atomic mass is 10.2. The van der Waals surface area contributed by atoms with Crippen molar-refractivity contribution in [1.82, 2.24) is 9.97 Å². The molecule has 0 saturated heterocycles. The zero-order chi connectivity index (χ0) is 18.8.